The fraction of sp³-hybridized carbons (Fsp3) is 0.533. The second kappa shape index (κ2) is 4.39. The summed E-state index contributed by atoms with van der Waals surface area (Å²) in [4.78, 5) is 13.7. The number of aliphatic hydroxyl groups is 1. The molecule has 2 atom stereocenters. The standard InChI is InChI=1S/C15H21NO2/c1-10(2)16-13(17)9-15(4,14(16)18)12-7-5-6-11(3)8-12/h5-8,10,14,18H,9H2,1-4H3. The van der Waals surface area contributed by atoms with Gasteiger partial charge in [0.15, 0.2) is 0 Å². The van der Waals surface area contributed by atoms with Gasteiger partial charge < -0.3 is 10.0 Å². The van der Waals surface area contributed by atoms with Crippen molar-refractivity contribution >= 4 is 5.91 Å². The molecule has 1 heterocycles. The summed E-state index contributed by atoms with van der Waals surface area (Å²) in [6, 6.07) is 8.08. The third-order valence-electron chi connectivity index (χ3n) is 3.87. The van der Waals surface area contributed by atoms with Crippen LogP contribution < -0.4 is 0 Å². The molecule has 1 N–H and O–H groups in total. The molecule has 1 amide bonds. The van der Waals surface area contributed by atoms with Crippen LogP contribution in [0.15, 0.2) is 24.3 Å². The number of carbonyl (C=O) groups is 1. The van der Waals surface area contributed by atoms with Crippen molar-refractivity contribution in [2.24, 2.45) is 0 Å². The number of amides is 1. The van der Waals surface area contributed by atoms with Crippen molar-refractivity contribution in [1.82, 2.24) is 4.90 Å². The molecule has 3 nitrogen and oxygen atoms in total. The highest BCUT2D eigenvalue weighted by Gasteiger charge is 2.49. The zero-order valence-electron chi connectivity index (χ0n) is 11.5. The molecule has 1 aromatic carbocycles. The van der Waals surface area contributed by atoms with Crippen molar-refractivity contribution < 1.29 is 9.90 Å². The lowest BCUT2D eigenvalue weighted by Gasteiger charge is -2.33. The number of aliphatic hydroxyl groups excluding tert-OH is 1. The summed E-state index contributed by atoms with van der Waals surface area (Å²) in [5.41, 5.74) is 1.68. The minimum Gasteiger partial charge on any atom is -0.373 e. The molecule has 0 aliphatic carbocycles. The molecule has 98 valence electrons. The Labute approximate surface area is 108 Å². The van der Waals surface area contributed by atoms with Gasteiger partial charge in [-0.1, -0.05) is 36.8 Å². The van der Waals surface area contributed by atoms with Crippen molar-refractivity contribution in [3.63, 3.8) is 0 Å². The predicted octanol–water partition coefficient (Wildman–Crippen LogP) is 2.21. The summed E-state index contributed by atoms with van der Waals surface area (Å²) < 4.78 is 0. The Bertz CT molecular complexity index is 469. The first kappa shape index (κ1) is 13.1. The van der Waals surface area contributed by atoms with E-state index in [-0.39, 0.29) is 11.9 Å². The van der Waals surface area contributed by atoms with E-state index >= 15 is 0 Å². The van der Waals surface area contributed by atoms with E-state index in [1.54, 1.807) is 4.90 Å². The highest BCUT2D eigenvalue weighted by atomic mass is 16.3. The number of aryl methyl sites for hydroxylation is 1. The minimum absolute atomic E-state index is 0.0270. The maximum Gasteiger partial charge on any atom is 0.225 e. The van der Waals surface area contributed by atoms with Crippen molar-refractivity contribution in [2.45, 2.75) is 51.8 Å². The van der Waals surface area contributed by atoms with E-state index in [1.165, 1.54) is 0 Å². The van der Waals surface area contributed by atoms with Gasteiger partial charge in [0.05, 0.1) is 0 Å². The van der Waals surface area contributed by atoms with Gasteiger partial charge in [0.25, 0.3) is 0 Å². The second-order valence-corrected chi connectivity index (χ2v) is 5.73. The Morgan fingerprint density at radius 3 is 2.61 bits per heavy atom. The third-order valence-corrected chi connectivity index (χ3v) is 3.87. The lowest BCUT2D eigenvalue weighted by atomic mass is 9.79. The van der Waals surface area contributed by atoms with Gasteiger partial charge in [0.2, 0.25) is 5.91 Å². The molecule has 1 aromatic rings. The first-order valence-electron chi connectivity index (χ1n) is 6.42. The van der Waals surface area contributed by atoms with Crippen LogP contribution in [0, 0.1) is 6.92 Å². The van der Waals surface area contributed by atoms with E-state index < -0.39 is 11.6 Å². The highest BCUT2D eigenvalue weighted by Crippen LogP contribution is 2.40. The molecule has 2 rings (SSSR count). The summed E-state index contributed by atoms with van der Waals surface area (Å²) >= 11 is 0. The molecule has 1 saturated heterocycles. The van der Waals surface area contributed by atoms with Crippen molar-refractivity contribution in [3.05, 3.63) is 35.4 Å². The monoisotopic (exact) mass is 247 g/mol. The number of rotatable bonds is 2. The zero-order chi connectivity index (χ0) is 13.5. The molecule has 1 fully saturated rings. The lowest BCUT2D eigenvalue weighted by Crippen LogP contribution is -2.44. The molecule has 1 aliphatic heterocycles. The van der Waals surface area contributed by atoms with Crippen LogP contribution in [0.2, 0.25) is 0 Å². The van der Waals surface area contributed by atoms with Gasteiger partial charge in [-0.25, -0.2) is 0 Å². The molecule has 0 radical (unpaired) electrons. The molecule has 0 bridgehead atoms. The van der Waals surface area contributed by atoms with Crippen LogP contribution in [0.1, 0.15) is 38.3 Å². The SMILES string of the molecule is Cc1cccc(C2(C)CC(=O)N(C(C)C)C2O)c1. The molecule has 0 aromatic heterocycles. The molecule has 0 spiro atoms. The van der Waals surface area contributed by atoms with E-state index in [0.29, 0.717) is 6.42 Å². The van der Waals surface area contributed by atoms with Crippen molar-refractivity contribution in [2.75, 3.05) is 0 Å². The number of likely N-dealkylation sites (tertiary alicyclic amines) is 1. The molecule has 2 unspecified atom stereocenters. The van der Waals surface area contributed by atoms with Crippen LogP contribution in [0.25, 0.3) is 0 Å². The minimum atomic E-state index is -0.744. The van der Waals surface area contributed by atoms with Crippen LogP contribution in [-0.4, -0.2) is 28.2 Å². The summed E-state index contributed by atoms with van der Waals surface area (Å²) in [6.07, 6.45) is -0.373. The Morgan fingerprint density at radius 1 is 1.44 bits per heavy atom. The van der Waals surface area contributed by atoms with Crippen molar-refractivity contribution in [1.29, 1.82) is 0 Å². The predicted molar refractivity (Wildman–Crippen MR) is 71.1 cm³/mol. The molecule has 1 aliphatic rings. The largest absolute Gasteiger partial charge is 0.373 e. The van der Waals surface area contributed by atoms with E-state index in [9.17, 15) is 9.90 Å². The Hall–Kier alpha value is -1.35. The second-order valence-electron chi connectivity index (χ2n) is 5.73. The van der Waals surface area contributed by atoms with Gasteiger partial charge in [-0.2, -0.15) is 0 Å². The smallest absolute Gasteiger partial charge is 0.225 e. The van der Waals surface area contributed by atoms with Crippen LogP contribution in [0.4, 0.5) is 0 Å². The first-order chi connectivity index (χ1) is 8.36. The first-order valence-corrected chi connectivity index (χ1v) is 6.42. The normalized spacial score (nSPS) is 28.2. The molecule has 0 saturated carbocycles. The van der Waals surface area contributed by atoms with Gasteiger partial charge in [0.1, 0.15) is 6.23 Å². The van der Waals surface area contributed by atoms with Gasteiger partial charge in [-0.05, 0) is 26.3 Å². The average Bonchev–Trinajstić information content (AvgIpc) is 2.50. The summed E-state index contributed by atoms with van der Waals surface area (Å²) in [5, 5.41) is 10.5. The number of hydrogen-bond acceptors (Lipinski definition) is 2. The van der Waals surface area contributed by atoms with Crippen LogP contribution in [0.5, 0.6) is 0 Å². The van der Waals surface area contributed by atoms with Crippen LogP contribution in [-0.2, 0) is 10.2 Å². The van der Waals surface area contributed by atoms with Gasteiger partial charge >= 0.3 is 0 Å². The average molecular weight is 247 g/mol. The number of nitrogens with zero attached hydrogens (tertiary/aromatic N) is 1. The van der Waals surface area contributed by atoms with Gasteiger partial charge in [-0.15, -0.1) is 0 Å². The number of benzene rings is 1. The van der Waals surface area contributed by atoms with Crippen molar-refractivity contribution in [3.8, 4) is 0 Å². The number of carbonyl (C=O) groups excluding carboxylic acids is 1. The van der Waals surface area contributed by atoms with E-state index in [0.717, 1.165) is 11.1 Å². The Kier molecular flexibility index (Phi) is 3.20. The molecule has 18 heavy (non-hydrogen) atoms. The zero-order valence-corrected chi connectivity index (χ0v) is 11.5. The third kappa shape index (κ3) is 1.93. The fourth-order valence-corrected chi connectivity index (χ4v) is 2.76. The topological polar surface area (TPSA) is 40.5 Å². The summed E-state index contributed by atoms with van der Waals surface area (Å²) in [5.74, 6) is 0.0292. The summed E-state index contributed by atoms with van der Waals surface area (Å²) in [7, 11) is 0. The molecular formula is C15H21NO2. The lowest BCUT2D eigenvalue weighted by molar-refractivity contribution is -0.136. The molecule has 3 heteroatoms. The van der Waals surface area contributed by atoms with Gasteiger partial charge in [0, 0.05) is 17.9 Å². The Morgan fingerprint density at radius 2 is 2.11 bits per heavy atom. The Balaban J connectivity index is 2.41. The van der Waals surface area contributed by atoms with Crippen LogP contribution >= 0.6 is 0 Å². The van der Waals surface area contributed by atoms with Crippen LogP contribution in [0.3, 0.4) is 0 Å². The van der Waals surface area contributed by atoms with E-state index in [1.807, 2.05) is 45.9 Å². The highest BCUT2D eigenvalue weighted by molar-refractivity contribution is 5.81. The molecular weight excluding hydrogens is 226 g/mol. The maximum absolute atomic E-state index is 12.1. The van der Waals surface area contributed by atoms with E-state index in [4.69, 9.17) is 0 Å². The fourth-order valence-electron chi connectivity index (χ4n) is 2.76. The van der Waals surface area contributed by atoms with Gasteiger partial charge in [-0.3, -0.25) is 4.79 Å². The number of hydrogen-bond donors (Lipinski definition) is 1. The summed E-state index contributed by atoms with van der Waals surface area (Å²) in [6.45, 7) is 7.86. The maximum atomic E-state index is 12.1. The van der Waals surface area contributed by atoms with E-state index in [2.05, 4.69) is 6.07 Å². The quantitative estimate of drug-likeness (QED) is 0.870.